The minimum atomic E-state index is -0.516. The SMILES string of the molecule is C=CCCCOc1c(C(=O)OCC)[nH]c(C=O)c1C. The molecule has 0 fully saturated rings. The Morgan fingerprint density at radius 3 is 2.79 bits per heavy atom. The fraction of sp³-hybridized carbons (Fsp3) is 0.429. The summed E-state index contributed by atoms with van der Waals surface area (Å²) in [6.07, 6.45) is 4.09. The second kappa shape index (κ2) is 7.41. The Labute approximate surface area is 112 Å². The van der Waals surface area contributed by atoms with Crippen LogP contribution in [0, 0.1) is 6.92 Å². The van der Waals surface area contributed by atoms with Gasteiger partial charge in [-0.2, -0.15) is 0 Å². The number of rotatable bonds is 8. The Morgan fingerprint density at radius 1 is 1.47 bits per heavy atom. The number of H-pyrrole nitrogens is 1. The average molecular weight is 265 g/mol. The maximum absolute atomic E-state index is 11.8. The smallest absolute Gasteiger partial charge is 0.358 e. The van der Waals surface area contributed by atoms with Crippen molar-refractivity contribution in [2.75, 3.05) is 13.2 Å². The lowest BCUT2D eigenvalue weighted by Gasteiger charge is -2.07. The molecule has 0 saturated carbocycles. The number of carbonyl (C=O) groups excluding carboxylic acids is 2. The zero-order valence-corrected chi connectivity index (χ0v) is 11.3. The maximum atomic E-state index is 11.8. The first kappa shape index (κ1) is 15.0. The van der Waals surface area contributed by atoms with Crippen LogP contribution in [-0.2, 0) is 4.74 Å². The van der Waals surface area contributed by atoms with Crippen LogP contribution in [0.15, 0.2) is 12.7 Å². The highest BCUT2D eigenvalue weighted by Crippen LogP contribution is 2.27. The van der Waals surface area contributed by atoms with Gasteiger partial charge in [-0.15, -0.1) is 6.58 Å². The second-order valence-corrected chi connectivity index (χ2v) is 3.99. The minimum Gasteiger partial charge on any atom is -0.491 e. The highest BCUT2D eigenvalue weighted by molar-refractivity contribution is 5.93. The Hall–Kier alpha value is -2.04. The molecule has 1 aromatic heterocycles. The Balaban J connectivity index is 2.91. The summed E-state index contributed by atoms with van der Waals surface area (Å²) in [6, 6.07) is 0. The molecule has 0 spiro atoms. The molecule has 0 saturated heterocycles. The number of carbonyl (C=O) groups is 2. The first-order chi connectivity index (χ1) is 9.15. The van der Waals surface area contributed by atoms with E-state index >= 15 is 0 Å². The van der Waals surface area contributed by atoms with Crippen molar-refractivity contribution in [3.05, 3.63) is 29.6 Å². The van der Waals surface area contributed by atoms with E-state index in [0.29, 0.717) is 29.9 Å². The molecule has 1 rings (SSSR count). The van der Waals surface area contributed by atoms with Gasteiger partial charge in [0, 0.05) is 5.56 Å². The van der Waals surface area contributed by atoms with Gasteiger partial charge < -0.3 is 14.5 Å². The molecule has 0 aromatic carbocycles. The van der Waals surface area contributed by atoms with E-state index in [4.69, 9.17) is 9.47 Å². The van der Waals surface area contributed by atoms with Gasteiger partial charge in [-0.3, -0.25) is 4.79 Å². The first-order valence-corrected chi connectivity index (χ1v) is 6.24. The average Bonchev–Trinajstić information content (AvgIpc) is 2.72. The van der Waals surface area contributed by atoms with Crippen LogP contribution >= 0.6 is 0 Å². The normalized spacial score (nSPS) is 10.0. The number of aldehydes is 1. The molecule has 1 heterocycles. The number of aromatic amines is 1. The standard InChI is InChI=1S/C14H19NO4/c1-4-6-7-8-19-13-10(3)11(9-16)15-12(13)14(17)18-5-2/h4,9,15H,1,5-8H2,2-3H3. The van der Waals surface area contributed by atoms with Crippen LogP contribution in [0.5, 0.6) is 5.75 Å². The highest BCUT2D eigenvalue weighted by atomic mass is 16.5. The minimum absolute atomic E-state index is 0.194. The van der Waals surface area contributed by atoms with Gasteiger partial charge in [0.1, 0.15) is 0 Å². The van der Waals surface area contributed by atoms with E-state index in [1.165, 1.54) is 0 Å². The summed E-state index contributed by atoms with van der Waals surface area (Å²) in [6.45, 7) is 7.80. The topological polar surface area (TPSA) is 68.4 Å². The van der Waals surface area contributed by atoms with Crippen LogP contribution in [-0.4, -0.2) is 30.5 Å². The van der Waals surface area contributed by atoms with E-state index in [1.54, 1.807) is 19.9 Å². The lowest BCUT2D eigenvalue weighted by atomic mass is 10.2. The molecule has 0 aliphatic rings. The summed E-state index contributed by atoms with van der Waals surface area (Å²) in [5.74, 6) is -0.123. The summed E-state index contributed by atoms with van der Waals surface area (Å²) < 4.78 is 10.5. The third-order valence-corrected chi connectivity index (χ3v) is 2.63. The van der Waals surface area contributed by atoms with Gasteiger partial charge in [-0.25, -0.2) is 4.79 Å². The van der Waals surface area contributed by atoms with Crippen LogP contribution in [0.25, 0.3) is 0 Å². The van der Waals surface area contributed by atoms with Crippen LogP contribution in [0.3, 0.4) is 0 Å². The van der Waals surface area contributed by atoms with Gasteiger partial charge in [0.2, 0.25) is 0 Å². The molecule has 0 radical (unpaired) electrons. The maximum Gasteiger partial charge on any atom is 0.358 e. The molecule has 5 nitrogen and oxygen atoms in total. The molecule has 1 N–H and O–H groups in total. The molecule has 104 valence electrons. The van der Waals surface area contributed by atoms with Crippen molar-refractivity contribution in [1.82, 2.24) is 4.98 Å². The van der Waals surface area contributed by atoms with E-state index in [9.17, 15) is 9.59 Å². The Morgan fingerprint density at radius 2 is 2.21 bits per heavy atom. The fourth-order valence-corrected chi connectivity index (χ4v) is 1.64. The predicted octanol–water partition coefficient (Wildman–Crippen LogP) is 2.66. The quantitative estimate of drug-likeness (QED) is 0.339. The first-order valence-electron chi connectivity index (χ1n) is 6.24. The number of nitrogens with one attached hydrogen (secondary N) is 1. The van der Waals surface area contributed by atoms with Gasteiger partial charge in [0.15, 0.2) is 17.7 Å². The number of hydrogen-bond acceptors (Lipinski definition) is 4. The molecule has 0 aliphatic heterocycles. The summed E-state index contributed by atoms with van der Waals surface area (Å²) in [7, 11) is 0. The van der Waals surface area contributed by atoms with Crippen molar-refractivity contribution in [2.24, 2.45) is 0 Å². The number of hydrogen-bond donors (Lipinski definition) is 1. The van der Waals surface area contributed by atoms with Crippen LogP contribution in [0.4, 0.5) is 0 Å². The van der Waals surface area contributed by atoms with Crippen molar-refractivity contribution in [3.63, 3.8) is 0 Å². The Kier molecular flexibility index (Phi) is 5.85. The number of esters is 1. The molecule has 0 aliphatic carbocycles. The summed E-state index contributed by atoms with van der Waals surface area (Å²) in [5, 5.41) is 0. The largest absolute Gasteiger partial charge is 0.491 e. The van der Waals surface area contributed by atoms with Crippen LogP contribution in [0.2, 0.25) is 0 Å². The molecule has 0 unspecified atom stereocenters. The summed E-state index contributed by atoms with van der Waals surface area (Å²) >= 11 is 0. The van der Waals surface area contributed by atoms with Crippen molar-refractivity contribution in [3.8, 4) is 5.75 Å². The Bertz CT molecular complexity index is 462. The van der Waals surface area contributed by atoms with Gasteiger partial charge in [-0.1, -0.05) is 6.08 Å². The van der Waals surface area contributed by atoms with E-state index in [2.05, 4.69) is 11.6 Å². The van der Waals surface area contributed by atoms with Crippen molar-refractivity contribution in [1.29, 1.82) is 0 Å². The van der Waals surface area contributed by atoms with Crippen LogP contribution < -0.4 is 4.74 Å². The molecule has 1 aromatic rings. The van der Waals surface area contributed by atoms with Crippen LogP contribution in [0.1, 0.15) is 46.3 Å². The fourth-order valence-electron chi connectivity index (χ4n) is 1.64. The van der Waals surface area contributed by atoms with Gasteiger partial charge in [0.25, 0.3) is 0 Å². The zero-order chi connectivity index (χ0) is 14.3. The summed E-state index contributed by atoms with van der Waals surface area (Å²) in [5.41, 5.74) is 1.15. The van der Waals surface area contributed by atoms with Gasteiger partial charge in [0.05, 0.1) is 18.9 Å². The molecular formula is C14H19NO4. The van der Waals surface area contributed by atoms with Gasteiger partial charge >= 0.3 is 5.97 Å². The van der Waals surface area contributed by atoms with Crippen molar-refractivity contribution < 1.29 is 19.1 Å². The third-order valence-electron chi connectivity index (χ3n) is 2.63. The predicted molar refractivity (Wildman–Crippen MR) is 71.8 cm³/mol. The monoisotopic (exact) mass is 265 g/mol. The molecule has 0 atom stereocenters. The van der Waals surface area contributed by atoms with E-state index in [0.717, 1.165) is 12.8 Å². The zero-order valence-electron chi connectivity index (χ0n) is 11.3. The summed E-state index contributed by atoms with van der Waals surface area (Å²) in [4.78, 5) is 25.4. The molecule has 0 amide bonds. The van der Waals surface area contributed by atoms with E-state index < -0.39 is 5.97 Å². The number of ether oxygens (including phenoxy) is 2. The lowest BCUT2D eigenvalue weighted by molar-refractivity contribution is 0.0515. The van der Waals surface area contributed by atoms with E-state index in [-0.39, 0.29) is 12.3 Å². The number of aromatic nitrogens is 1. The lowest BCUT2D eigenvalue weighted by Crippen LogP contribution is -2.08. The molecule has 0 bridgehead atoms. The number of allylic oxidation sites excluding steroid dienone is 1. The third kappa shape index (κ3) is 3.71. The number of unbranched alkanes of at least 4 members (excludes halogenated alkanes) is 1. The molecule has 5 heteroatoms. The highest BCUT2D eigenvalue weighted by Gasteiger charge is 2.21. The van der Waals surface area contributed by atoms with E-state index in [1.807, 2.05) is 0 Å². The molecular weight excluding hydrogens is 246 g/mol. The van der Waals surface area contributed by atoms with Crippen molar-refractivity contribution in [2.45, 2.75) is 26.7 Å². The van der Waals surface area contributed by atoms with Crippen molar-refractivity contribution >= 4 is 12.3 Å². The van der Waals surface area contributed by atoms with Gasteiger partial charge in [-0.05, 0) is 26.7 Å². The molecule has 19 heavy (non-hydrogen) atoms. The second-order valence-electron chi connectivity index (χ2n) is 3.99.